The summed E-state index contributed by atoms with van der Waals surface area (Å²) in [5, 5.41) is 0.932. The van der Waals surface area contributed by atoms with Crippen LogP contribution in [0.5, 0.6) is 0 Å². The van der Waals surface area contributed by atoms with Crippen molar-refractivity contribution in [1.82, 2.24) is 9.88 Å². The van der Waals surface area contributed by atoms with Gasteiger partial charge in [0.1, 0.15) is 4.88 Å². The highest BCUT2D eigenvalue weighted by molar-refractivity contribution is 7.13. The molecule has 0 aliphatic carbocycles. The van der Waals surface area contributed by atoms with Crippen molar-refractivity contribution in [2.45, 2.75) is 25.8 Å². The van der Waals surface area contributed by atoms with Gasteiger partial charge in [-0.3, -0.25) is 4.79 Å². The van der Waals surface area contributed by atoms with Gasteiger partial charge in [-0.25, -0.2) is 4.98 Å². The average molecular weight is 225 g/mol. The summed E-state index contributed by atoms with van der Waals surface area (Å²) in [4.78, 5) is 18.8. The quantitative estimate of drug-likeness (QED) is 0.817. The number of hydrogen-bond acceptors (Lipinski definition) is 4. The summed E-state index contributed by atoms with van der Waals surface area (Å²) in [5.41, 5.74) is 5.64. The summed E-state index contributed by atoms with van der Waals surface area (Å²) < 4.78 is 0. The average Bonchev–Trinajstić information content (AvgIpc) is 2.84. The Balaban J connectivity index is 2.13. The second kappa shape index (κ2) is 4.28. The Labute approximate surface area is 93.1 Å². The Hall–Kier alpha value is -0.940. The lowest BCUT2D eigenvalue weighted by Crippen LogP contribution is -2.39. The number of carbonyl (C=O) groups excluding carboxylic acids is 1. The first-order valence-electron chi connectivity index (χ1n) is 5.16. The van der Waals surface area contributed by atoms with E-state index in [0.717, 1.165) is 29.3 Å². The van der Waals surface area contributed by atoms with Crippen LogP contribution in [0.25, 0.3) is 0 Å². The number of hydrogen-bond donors (Lipinski definition) is 1. The predicted octanol–water partition coefficient (Wildman–Crippen LogP) is 1.01. The highest BCUT2D eigenvalue weighted by Crippen LogP contribution is 2.21. The van der Waals surface area contributed by atoms with Crippen molar-refractivity contribution in [2.75, 3.05) is 13.1 Å². The van der Waals surface area contributed by atoms with E-state index in [1.165, 1.54) is 11.3 Å². The van der Waals surface area contributed by atoms with Crippen molar-refractivity contribution in [2.24, 2.45) is 5.73 Å². The van der Waals surface area contributed by atoms with Gasteiger partial charge in [0.15, 0.2) is 0 Å². The number of nitrogens with zero attached hydrogens (tertiary/aromatic N) is 2. The van der Waals surface area contributed by atoms with E-state index < -0.39 is 0 Å². The third-order valence-electron chi connectivity index (χ3n) is 2.74. The molecule has 0 bridgehead atoms. The summed E-state index contributed by atoms with van der Waals surface area (Å²) in [6.45, 7) is 3.30. The lowest BCUT2D eigenvalue weighted by molar-refractivity contribution is 0.0746. The number of amides is 1. The maximum absolute atomic E-state index is 12.1. The first-order valence-corrected chi connectivity index (χ1v) is 5.97. The molecule has 0 spiro atoms. The number of nitrogens with two attached hydrogens (primary N) is 1. The highest BCUT2D eigenvalue weighted by Gasteiger charge is 2.29. The van der Waals surface area contributed by atoms with E-state index in [9.17, 15) is 4.79 Å². The van der Waals surface area contributed by atoms with Crippen LogP contribution in [-0.4, -0.2) is 34.9 Å². The highest BCUT2D eigenvalue weighted by atomic mass is 32.1. The summed E-state index contributed by atoms with van der Waals surface area (Å²) in [7, 11) is 0. The molecule has 0 radical (unpaired) electrons. The van der Waals surface area contributed by atoms with Crippen LogP contribution in [0.2, 0.25) is 0 Å². The van der Waals surface area contributed by atoms with E-state index in [2.05, 4.69) is 4.98 Å². The van der Waals surface area contributed by atoms with E-state index in [1.54, 1.807) is 6.20 Å². The third kappa shape index (κ3) is 2.03. The molecule has 5 heteroatoms. The van der Waals surface area contributed by atoms with Gasteiger partial charge in [0.2, 0.25) is 0 Å². The minimum atomic E-state index is 0.0913. The summed E-state index contributed by atoms with van der Waals surface area (Å²) in [6, 6.07) is 0.222. The first kappa shape index (κ1) is 10.6. The number of carbonyl (C=O) groups is 1. The second-order valence-corrected chi connectivity index (χ2v) is 5.01. The van der Waals surface area contributed by atoms with E-state index in [1.807, 2.05) is 11.8 Å². The smallest absolute Gasteiger partial charge is 0.265 e. The Morgan fingerprint density at radius 1 is 1.80 bits per heavy atom. The number of likely N-dealkylation sites (tertiary alicyclic amines) is 1. The molecule has 82 valence electrons. The summed E-state index contributed by atoms with van der Waals surface area (Å²) >= 11 is 1.45. The number of aromatic nitrogens is 1. The van der Waals surface area contributed by atoms with E-state index >= 15 is 0 Å². The van der Waals surface area contributed by atoms with Crippen molar-refractivity contribution in [3.63, 3.8) is 0 Å². The van der Waals surface area contributed by atoms with Crippen molar-refractivity contribution in [3.05, 3.63) is 16.1 Å². The third-order valence-corrected chi connectivity index (χ3v) is 3.64. The zero-order chi connectivity index (χ0) is 10.8. The van der Waals surface area contributed by atoms with Gasteiger partial charge in [-0.1, -0.05) is 0 Å². The van der Waals surface area contributed by atoms with Gasteiger partial charge in [0.25, 0.3) is 5.91 Å². The van der Waals surface area contributed by atoms with Gasteiger partial charge in [0, 0.05) is 19.1 Å². The molecular weight excluding hydrogens is 210 g/mol. The van der Waals surface area contributed by atoms with E-state index in [4.69, 9.17) is 5.73 Å². The second-order valence-electron chi connectivity index (χ2n) is 3.77. The Morgan fingerprint density at radius 2 is 2.60 bits per heavy atom. The zero-order valence-corrected chi connectivity index (χ0v) is 9.59. The van der Waals surface area contributed by atoms with Crippen LogP contribution < -0.4 is 5.73 Å². The first-order chi connectivity index (χ1) is 7.22. The van der Waals surface area contributed by atoms with Crippen LogP contribution in [-0.2, 0) is 0 Å². The van der Waals surface area contributed by atoms with Crippen LogP contribution >= 0.6 is 11.3 Å². The molecule has 0 aromatic carbocycles. The van der Waals surface area contributed by atoms with Gasteiger partial charge in [-0.05, 0) is 19.8 Å². The molecule has 1 unspecified atom stereocenters. The minimum Gasteiger partial charge on any atom is -0.334 e. The molecule has 1 fully saturated rings. The number of thiazole rings is 1. The predicted molar refractivity (Wildman–Crippen MR) is 60.0 cm³/mol. The number of aryl methyl sites for hydroxylation is 1. The SMILES string of the molecule is Cc1ncc(C(=O)N2CCCC2CN)s1. The normalized spacial score (nSPS) is 20.9. The van der Waals surface area contributed by atoms with Crippen LogP contribution in [0.1, 0.15) is 27.5 Å². The fourth-order valence-electron chi connectivity index (χ4n) is 1.95. The molecule has 2 N–H and O–H groups in total. The molecule has 2 rings (SSSR count). The van der Waals surface area contributed by atoms with Gasteiger partial charge in [0.05, 0.1) is 11.2 Å². The lowest BCUT2D eigenvalue weighted by atomic mass is 10.2. The van der Waals surface area contributed by atoms with E-state index in [-0.39, 0.29) is 11.9 Å². The molecule has 1 aliphatic rings. The van der Waals surface area contributed by atoms with Gasteiger partial charge in [-0.15, -0.1) is 11.3 Å². The molecule has 1 aliphatic heterocycles. The molecule has 15 heavy (non-hydrogen) atoms. The Morgan fingerprint density at radius 3 is 3.20 bits per heavy atom. The van der Waals surface area contributed by atoms with Gasteiger partial charge < -0.3 is 10.6 Å². The van der Waals surface area contributed by atoms with E-state index in [0.29, 0.717) is 6.54 Å². The molecule has 1 aromatic heterocycles. The maximum atomic E-state index is 12.1. The molecular formula is C10H15N3OS. The molecule has 0 saturated carbocycles. The standard InChI is InChI=1S/C10H15N3OS/c1-7-12-6-9(15-7)10(14)13-4-2-3-8(13)5-11/h6,8H,2-5,11H2,1H3. The molecule has 4 nitrogen and oxygen atoms in total. The van der Waals surface area contributed by atoms with Crippen molar-refractivity contribution >= 4 is 17.2 Å². The lowest BCUT2D eigenvalue weighted by Gasteiger charge is -2.22. The fraction of sp³-hybridized carbons (Fsp3) is 0.600. The van der Waals surface area contributed by atoms with Crippen molar-refractivity contribution < 1.29 is 4.79 Å². The Bertz CT molecular complexity index is 363. The molecule has 1 aromatic rings. The zero-order valence-electron chi connectivity index (χ0n) is 8.77. The van der Waals surface area contributed by atoms with Crippen LogP contribution in [0, 0.1) is 6.92 Å². The summed E-state index contributed by atoms with van der Waals surface area (Å²) in [5.74, 6) is 0.0913. The molecule has 1 saturated heterocycles. The number of rotatable bonds is 2. The monoisotopic (exact) mass is 225 g/mol. The minimum absolute atomic E-state index is 0.0913. The molecule has 1 amide bonds. The van der Waals surface area contributed by atoms with Crippen molar-refractivity contribution in [1.29, 1.82) is 0 Å². The van der Waals surface area contributed by atoms with Crippen LogP contribution in [0.15, 0.2) is 6.20 Å². The van der Waals surface area contributed by atoms with Crippen LogP contribution in [0.4, 0.5) is 0 Å². The summed E-state index contributed by atoms with van der Waals surface area (Å²) in [6.07, 6.45) is 3.75. The largest absolute Gasteiger partial charge is 0.334 e. The fourth-order valence-corrected chi connectivity index (χ4v) is 2.68. The molecule has 1 atom stereocenters. The van der Waals surface area contributed by atoms with Crippen LogP contribution in [0.3, 0.4) is 0 Å². The van der Waals surface area contributed by atoms with Gasteiger partial charge in [-0.2, -0.15) is 0 Å². The van der Waals surface area contributed by atoms with Gasteiger partial charge >= 0.3 is 0 Å². The topological polar surface area (TPSA) is 59.2 Å². The Kier molecular flexibility index (Phi) is 3.02. The maximum Gasteiger partial charge on any atom is 0.265 e. The molecule has 2 heterocycles. The van der Waals surface area contributed by atoms with Crippen molar-refractivity contribution in [3.8, 4) is 0 Å².